The molecule has 0 spiro atoms. The zero-order chi connectivity index (χ0) is 15.9. The molecule has 0 radical (unpaired) electrons. The van der Waals surface area contributed by atoms with Crippen molar-refractivity contribution in [1.29, 1.82) is 0 Å². The summed E-state index contributed by atoms with van der Waals surface area (Å²) in [5.41, 5.74) is 2.12. The first kappa shape index (κ1) is 16.5. The molecule has 0 saturated carbocycles. The third-order valence-corrected chi connectivity index (χ3v) is 3.70. The Labute approximate surface area is 129 Å². The van der Waals surface area contributed by atoms with Gasteiger partial charge < -0.3 is 19.1 Å². The molecule has 1 aromatic rings. The topological polar surface area (TPSA) is 65.1 Å². The van der Waals surface area contributed by atoms with Crippen LogP contribution < -0.4 is 0 Å². The van der Waals surface area contributed by atoms with Crippen molar-refractivity contribution in [2.45, 2.75) is 19.0 Å². The van der Waals surface area contributed by atoms with Crippen molar-refractivity contribution in [2.75, 3.05) is 34.0 Å². The third kappa shape index (κ3) is 3.84. The van der Waals surface area contributed by atoms with Crippen molar-refractivity contribution in [1.82, 2.24) is 4.90 Å². The van der Waals surface area contributed by atoms with Crippen LogP contribution in [0, 0.1) is 0 Å². The summed E-state index contributed by atoms with van der Waals surface area (Å²) in [6.45, 7) is 1.09. The molecule has 6 heteroatoms. The van der Waals surface area contributed by atoms with Gasteiger partial charge >= 0.3 is 5.97 Å². The van der Waals surface area contributed by atoms with Crippen LogP contribution in [0.5, 0.6) is 0 Å². The highest BCUT2D eigenvalue weighted by Crippen LogP contribution is 2.24. The smallest absolute Gasteiger partial charge is 0.328 e. The number of methoxy groups -OCH3 is 2. The van der Waals surface area contributed by atoms with Gasteiger partial charge in [0.2, 0.25) is 5.91 Å². The quantitative estimate of drug-likeness (QED) is 0.574. The van der Waals surface area contributed by atoms with Gasteiger partial charge in [0, 0.05) is 20.1 Å². The fraction of sp³-hybridized carbons (Fsp3) is 0.500. The number of carbonyl (C=O) groups is 2. The van der Waals surface area contributed by atoms with Crippen LogP contribution in [0.25, 0.3) is 0 Å². The standard InChI is InChI=1S/C16H21NO5/c1-20-7-8-22-11-15(18)17-10-13-6-4-3-5-12(13)9-14(17)16(19)21-2/h3-6,14H,7-11H2,1-2H3. The van der Waals surface area contributed by atoms with Gasteiger partial charge in [-0.3, -0.25) is 4.79 Å². The van der Waals surface area contributed by atoms with Gasteiger partial charge in [0.05, 0.1) is 20.3 Å². The maximum Gasteiger partial charge on any atom is 0.328 e. The van der Waals surface area contributed by atoms with Crippen LogP contribution in [0.15, 0.2) is 24.3 Å². The molecule has 0 bridgehead atoms. The molecule has 22 heavy (non-hydrogen) atoms. The van der Waals surface area contributed by atoms with Crippen molar-refractivity contribution >= 4 is 11.9 Å². The predicted molar refractivity (Wildman–Crippen MR) is 79.2 cm³/mol. The summed E-state index contributed by atoms with van der Waals surface area (Å²) in [4.78, 5) is 25.9. The molecule has 0 aliphatic carbocycles. The highest BCUT2D eigenvalue weighted by molar-refractivity contribution is 5.86. The second-order valence-corrected chi connectivity index (χ2v) is 5.08. The molecule has 1 heterocycles. The van der Waals surface area contributed by atoms with Crippen LogP contribution >= 0.6 is 0 Å². The Hall–Kier alpha value is -1.92. The van der Waals surface area contributed by atoms with E-state index in [0.717, 1.165) is 11.1 Å². The highest BCUT2D eigenvalue weighted by Gasteiger charge is 2.35. The lowest BCUT2D eigenvalue weighted by atomic mass is 9.94. The SMILES string of the molecule is COCCOCC(=O)N1Cc2ccccc2CC1C(=O)OC. The average molecular weight is 307 g/mol. The monoisotopic (exact) mass is 307 g/mol. The fourth-order valence-electron chi connectivity index (χ4n) is 2.52. The van der Waals surface area contributed by atoms with E-state index in [1.165, 1.54) is 12.0 Å². The number of fused-ring (bicyclic) bond motifs is 1. The number of carbonyl (C=O) groups excluding carboxylic acids is 2. The van der Waals surface area contributed by atoms with E-state index in [9.17, 15) is 9.59 Å². The lowest BCUT2D eigenvalue weighted by Crippen LogP contribution is -2.50. The van der Waals surface area contributed by atoms with Crippen molar-refractivity contribution < 1.29 is 23.8 Å². The summed E-state index contributed by atoms with van der Waals surface area (Å²) in [6, 6.07) is 7.20. The molecule has 2 rings (SSSR count). The molecule has 6 nitrogen and oxygen atoms in total. The maximum atomic E-state index is 12.4. The lowest BCUT2D eigenvalue weighted by Gasteiger charge is -2.35. The van der Waals surface area contributed by atoms with Crippen molar-refractivity contribution in [3.63, 3.8) is 0 Å². The second kappa shape index (κ2) is 7.91. The van der Waals surface area contributed by atoms with Gasteiger partial charge in [0.15, 0.2) is 0 Å². The molecule has 120 valence electrons. The first-order valence-corrected chi connectivity index (χ1v) is 7.18. The Morgan fingerprint density at radius 2 is 1.91 bits per heavy atom. The molecular formula is C16H21NO5. The molecule has 1 aliphatic rings. The maximum absolute atomic E-state index is 12.4. The first-order chi connectivity index (χ1) is 10.7. The Balaban J connectivity index is 2.09. The minimum Gasteiger partial charge on any atom is -0.467 e. The van der Waals surface area contributed by atoms with E-state index in [1.807, 2.05) is 24.3 Å². The van der Waals surface area contributed by atoms with Gasteiger partial charge in [0.1, 0.15) is 12.6 Å². The van der Waals surface area contributed by atoms with Crippen LogP contribution in [0.4, 0.5) is 0 Å². The molecule has 0 saturated heterocycles. The lowest BCUT2D eigenvalue weighted by molar-refractivity contribution is -0.156. The summed E-state index contributed by atoms with van der Waals surface area (Å²) in [5.74, 6) is -0.624. The van der Waals surface area contributed by atoms with E-state index in [4.69, 9.17) is 14.2 Å². The van der Waals surface area contributed by atoms with Gasteiger partial charge in [0.25, 0.3) is 0 Å². The number of nitrogens with zero attached hydrogens (tertiary/aromatic N) is 1. The molecule has 1 atom stereocenters. The third-order valence-electron chi connectivity index (χ3n) is 3.70. The summed E-state index contributed by atoms with van der Waals surface area (Å²) < 4.78 is 15.0. The zero-order valence-electron chi connectivity index (χ0n) is 12.9. The Bertz CT molecular complexity index is 531. The Morgan fingerprint density at radius 1 is 1.18 bits per heavy atom. The van der Waals surface area contributed by atoms with Gasteiger partial charge in [-0.1, -0.05) is 24.3 Å². The largest absolute Gasteiger partial charge is 0.467 e. The van der Waals surface area contributed by atoms with Crippen LogP contribution in [0.1, 0.15) is 11.1 Å². The van der Waals surface area contributed by atoms with E-state index in [0.29, 0.717) is 26.2 Å². The van der Waals surface area contributed by atoms with Crippen molar-refractivity contribution in [3.05, 3.63) is 35.4 Å². The number of rotatable bonds is 6. The number of amides is 1. The van der Waals surface area contributed by atoms with Crippen molar-refractivity contribution in [3.8, 4) is 0 Å². The molecule has 0 aromatic heterocycles. The van der Waals surface area contributed by atoms with E-state index < -0.39 is 12.0 Å². The summed E-state index contributed by atoms with van der Waals surface area (Å²) in [7, 11) is 2.90. The minimum absolute atomic E-state index is 0.0704. The number of hydrogen-bond donors (Lipinski definition) is 0. The molecule has 0 fully saturated rings. The number of benzene rings is 1. The number of ether oxygens (including phenoxy) is 3. The first-order valence-electron chi connectivity index (χ1n) is 7.18. The van der Waals surface area contributed by atoms with Gasteiger partial charge in [-0.2, -0.15) is 0 Å². The molecule has 1 aromatic carbocycles. The zero-order valence-corrected chi connectivity index (χ0v) is 12.9. The molecule has 0 N–H and O–H groups in total. The van der Waals surface area contributed by atoms with Crippen LogP contribution in [-0.2, 0) is 36.8 Å². The predicted octanol–water partition coefficient (Wildman–Crippen LogP) is 0.776. The van der Waals surface area contributed by atoms with E-state index >= 15 is 0 Å². The Morgan fingerprint density at radius 3 is 2.59 bits per heavy atom. The Kier molecular flexibility index (Phi) is 5.91. The van der Waals surface area contributed by atoms with Gasteiger partial charge in [-0.15, -0.1) is 0 Å². The van der Waals surface area contributed by atoms with E-state index in [1.54, 1.807) is 7.11 Å². The summed E-state index contributed by atoms with van der Waals surface area (Å²) >= 11 is 0. The number of esters is 1. The van der Waals surface area contributed by atoms with Gasteiger partial charge in [-0.05, 0) is 11.1 Å². The fourth-order valence-corrected chi connectivity index (χ4v) is 2.52. The average Bonchev–Trinajstić information content (AvgIpc) is 2.56. The second-order valence-electron chi connectivity index (χ2n) is 5.08. The highest BCUT2D eigenvalue weighted by atomic mass is 16.5. The molecule has 1 aliphatic heterocycles. The minimum atomic E-state index is -0.599. The van der Waals surface area contributed by atoms with Crippen LogP contribution in [0.3, 0.4) is 0 Å². The normalized spacial score (nSPS) is 17.0. The van der Waals surface area contributed by atoms with E-state index in [-0.39, 0.29) is 12.5 Å². The molecule has 1 amide bonds. The van der Waals surface area contributed by atoms with E-state index in [2.05, 4.69) is 0 Å². The molecule has 1 unspecified atom stereocenters. The van der Waals surface area contributed by atoms with Gasteiger partial charge in [-0.25, -0.2) is 4.79 Å². The summed E-state index contributed by atoms with van der Waals surface area (Å²) in [6.07, 6.45) is 0.465. The summed E-state index contributed by atoms with van der Waals surface area (Å²) in [5, 5.41) is 0. The number of hydrogen-bond acceptors (Lipinski definition) is 5. The van der Waals surface area contributed by atoms with Crippen LogP contribution in [-0.4, -0.2) is 56.9 Å². The van der Waals surface area contributed by atoms with Crippen LogP contribution in [0.2, 0.25) is 0 Å². The van der Waals surface area contributed by atoms with Crippen molar-refractivity contribution in [2.24, 2.45) is 0 Å². The molecular weight excluding hydrogens is 286 g/mol.